The summed E-state index contributed by atoms with van der Waals surface area (Å²) in [6.45, 7) is 2.66. The summed E-state index contributed by atoms with van der Waals surface area (Å²) in [5.74, 6) is 0.297. The first-order chi connectivity index (χ1) is 11.2. The van der Waals surface area contributed by atoms with Crippen LogP contribution in [0.1, 0.15) is 17.5 Å². The number of hydrogen-bond acceptors (Lipinski definition) is 4. The van der Waals surface area contributed by atoms with Gasteiger partial charge in [0.05, 0.1) is 32.1 Å². The van der Waals surface area contributed by atoms with Crippen molar-refractivity contribution in [1.29, 1.82) is 0 Å². The van der Waals surface area contributed by atoms with Crippen molar-refractivity contribution < 1.29 is 14.6 Å². The average molecular weight is 379 g/mol. The third kappa shape index (κ3) is 3.03. The number of aromatic hydroxyl groups is 1. The summed E-state index contributed by atoms with van der Waals surface area (Å²) < 4.78 is 14.1. The van der Waals surface area contributed by atoms with Crippen molar-refractivity contribution in [1.82, 2.24) is 9.78 Å². The molecule has 1 aromatic carbocycles. The highest BCUT2D eigenvalue weighted by atomic mass is 79.9. The fraction of sp³-hybridized carbons (Fsp3) is 0.471. The molecule has 5 nitrogen and oxygen atoms in total. The first-order valence-electron chi connectivity index (χ1n) is 7.98. The van der Waals surface area contributed by atoms with Crippen molar-refractivity contribution in [2.24, 2.45) is 0 Å². The predicted octanol–water partition coefficient (Wildman–Crippen LogP) is 2.92. The molecule has 2 aromatic rings. The third-order valence-electron chi connectivity index (χ3n) is 4.40. The summed E-state index contributed by atoms with van der Waals surface area (Å²) in [6, 6.07) is 3.59. The van der Waals surface area contributed by atoms with Gasteiger partial charge in [-0.25, -0.2) is 0 Å². The highest BCUT2D eigenvalue weighted by Gasteiger charge is 2.23. The topological polar surface area (TPSA) is 56.5 Å². The van der Waals surface area contributed by atoms with E-state index < -0.39 is 0 Å². The quantitative estimate of drug-likeness (QED) is 0.872. The van der Waals surface area contributed by atoms with Gasteiger partial charge in [-0.05, 0) is 58.5 Å². The fourth-order valence-electron chi connectivity index (χ4n) is 3.38. The highest BCUT2D eigenvalue weighted by molar-refractivity contribution is 9.10. The second kappa shape index (κ2) is 6.26. The lowest BCUT2D eigenvalue weighted by molar-refractivity contribution is -0.0946. The maximum Gasteiger partial charge on any atom is 0.117 e. The zero-order valence-electron chi connectivity index (χ0n) is 12.8. The van der Waals surface area contributed by atoms with Gasteiger partial charge in [0.2, 0.25) is 0 Å². The zero-order valence-corrected chi connectivity index (χ0v) is 14.4. The van der Waals surface area contributed by atoms with E-state index in [1.54, 1.807) is 6.07 Å². The number of aryl methyl sites for hydroxylation is 2. The molecular weight excluding hydrogens is 360 g/mol. The molecule has 0 spiro atoms. The van der Waals surface area contributed by atoms with E-state index in [2.05, 4.69) is 22.1 Å². The molecule has 1 aliphatic heterocycles. The number of fused-ring (bicyclic) bond motifs is 3. The first-order valence-corrected chi connectivity index (χ1v) is 8.77. The Bertz CT molecular complexity index is 723. The van der Waals surface area contributed by atoms with Crippen LogP contribution in [-0.2, 0) is 28.9 Å². The molecule has 6 heteroatoms. The molecular formula is C17H19BrN2O3. The van der Waals surface area contributed by atoms with E-state index >= 15 is 0 Å². The van der Waals surface area contributed by atoms with E-state index in [9.17, 15) is 5.11 Å². The van der Waals surface area contributed by atoms with Gasteiger partial charge in [0.1, 0.15) is 11.9 Å². The fourth-order valence-corrected chi connectivity index (χ4v) is 4.06. The van der Waals surface area contributed by atoms with Crippen LogP contribution in [0.25, 0.3) is 11.3 Å². The maximum atomic E-state index is 9.84. The molecule has 1 N–H and O–H groups in total. The van der Waals surface area contributed by atoms with Gasteiger partial charge in [-0.3, -0.25) is 4.68 Å². The SMILES string of the molecule is Oc1cc(Br)c2c(c1)CCCc1cn(C[C@H]3COCCO3)nc1-2. The van der Waals surface area contributed by atoms with E-state index in [4.69, 9.17) is 14.6 Å². The number of phenolic OH excluding ortho intramolecular Hbond substituents is 1. The van der Waals surface area contributed by atoms with E-state index in [-0.39, 0.29) is 6.10 Å². The zero-order chi connectivity index (χ0) is 15.8. The summed E-state index contributed by atoms with van der Waals surface area (Å²) in [4.78, 5) is 0. The molecule has 2 aliphatic rings. The molecule has 1 aromatic heterocycles. The minimum atomic E-state index is 0.0648. The lowest BCUT2D eigenvalue weighted by atomic mass is 10.0. The van der Waals surface area contributed by atoms with Gasteiger partial charge < -0.3 is 14.6 Å². The van der Waals surface area contributed by atoms with Gasteiger partial charge >= 0.3 is 0 Å². The Balaban J connectivity index is 1.69. The van der Waals surface area contributed by atoms with Gasteiger partial charge in [-0.2, -0.15) is 5.10 Å². The molecule has 0 saturated carbocycles. The molecule has 0 radical (unpaired) electrons. The lowest BCUT2D eigenvalue weighted by Crippen LogP contribution is -2.32. The van der Waals surface area contributed by atoms with Gasteiger partial charge in [0.15, 0.2) is 0 Å². The molecule has 1 atom stereocenters. The van der Waals surface area contributed by atoms with Gasteiger partial charge in [-0.1, -0.05) is 0 Å². The van der Waals surface area contributed by atoms with Crippen LogP contribution < -0.4 is 0 Å². The van der Waals surface area contributed by atoms with E-state index in [1.165, 1.54) is 5.56 Å². The number of halogens is 1. The Morgan fingerprint density at radius 2 is 2.13 bits per heavy atom. The summed E-state index contributed by atoms with van der Waals surface area (Å²) >= 11 is 3.59. The summed E-state index contributed by atoms with van der Waals surface area (Å²) in [5.41, 5.74) is 4.53. The van der Waals surface area contributed by atoms with Crippen LogP contribution in [0.4, 0.5) is 0 Å². The van der Waals surface area contributed by atoms with Crippen LogP contribution in [-0.4, -0.2) is 40.8 Å². The maximum absolute atomic E-state index is 9.84. The number of benzene rings is 1. The molecule has 1 saturated heterocycles. The van der Waals surface area contributed by atoms with Crippen molar-refractivity contribution >= 4 is 15.9 Å². The Morgan fingerprint density at radius 1 is 1.26 bits per heavy atom. The van der Waals surface area contributed by atoms with Crippen molar-refractivity contribution in [2.45, 2.75) is 31.9 Å². The number of hydrogen-bond donors (Lipinski definition) is 1. The number of nitrogens with zero attached hydrogens (tertiary/aromatic N) is 2. The number of phenols is 1. The summed E-state index contributed by atoms with van der Waals surface area (Å²) in [6.07, 6.45) is 5.21. The minimum Gasteiger partial charge on any atom is -0.508 e. The molecule has 1 aliphatic carbocycles. The Labute approximate surface area is 143 Å². The standard InChI is InChI=1S/C17H19BrN2O3/c18-15-7-13(21)6-11-2-1-3-12-8-20(19-17(12)16(11)15)9-14-10-22-4-5-23-14/h6-8,14,21H,1-5,9-10H2/t14-/m0/s1. The molecule has 2 heterocycles. The van der Waals surface area contributed by atoms with Crippen LogP contribution in [0.15, 0.2) is 22.8 Å². The molecule has 0 amide bonds. The van der Waals surface area contributed by atoms with Crippen LogP contribution in [0.2, 0.25) is 0 Å². The van der Waals surface area contributed by atoms with Crippen molar-refractivity contribution in [3.63, 3.8) is 0 Å². The monoisotopic (exact) mass is 378 g/mol. The number of aromatic nitrogens is 2. The summed E-state index contributed by atoms with van der Waals surface area (Å²) in [7, 11) is 0. The molecule has 0 unspecified atom stereocenters. The van der Waals surface area contributed by atoms with E-state index in [0.29, 0.717) is 32.1 Å². The van der Waals surface area contributed by atoms with Gasteiger partial charge in [0.25, 0.3) is 0 Å². The Kier molecular flexibility index (Phi) is 4.13. The summed E-state index contributed by atoms with van der Waals surface area (Å²) in [5, 5.41) is 14.7. The van der Waals surface area contributed by atoms with Crippen LogP contribution in [0.5, 0.6) is 5.75 Å². The van der Waals surface area contributed by atoms with Gasteiger partial charge in [-0.15, -0.1) is 0 Å². The Hall–Kier alpha value is -1.37. The molecule has 0 bridgehead atoms. The molecule has 23 heavy (non-hydrogen) atoms. The van der Waals surface area contributed by atoms with Gasteiger partial charge in [0, 0.05) is 16.2 Å². The Morgan fingerprint density at radius 3 is 2.96 bits per heavy atom. The molecule has 4 rings (SSSR count). The molecule has 1 fully saturated rings. The normalized spacial score (nSPS) is 20.7. The number of ether oxygens (including phenoxy) is 2. The first kappa shape index (κ1) is 15.2. The lowest BCUT2D eigenvalue weighted by Gasteiger charge is -2.22. The van der Waals surface area contributed by atoms with Crippen LogP contribution >= 0.6 is 15.9 Å². The van der Waals surface area contributed by atoms with Crippen LogP contribution in [0, 0.1) is 0 Å². The second-order valence-electron chi connectivity index (χ2n) is 6.11. The van der Waals surface area contributed by atoms with Crippen molar-refractivity contribution in [3.8, 4) is 17.0 Å². The average Bonchev–Trinajstić information content (AvgIpc) is 2.82. The van der Waals surface area contributed by atoms with E-state index in [1.807, 2.05) is 10.7 Å². The van der Waals surface area contributed by atoms with Crippen LogP contribution in [0.3, 0.4) is 0 Å². The van der Waals surface area contributed by atoms with E-state index in [0.717, 1.165) is 40.6 Å². The minimum absolute atomic E-state index is 0.0648. The van der Waals surface area contributed by atoms with Crippen molar-refractivity contribution in [2.75, 3.05) is 19.8 Å². The predicted molar refractivity (Wildman–Crippen MR) is 89.6 cm³/mol. The van der Waals surface area contributed by atoms with Crippen molar-refractivity contribution in [3.05, 3.63) is 33.9 Å². The highest BCUT2D eigenvalue weighted by Crippen LogP contribution is 2.39. The largest absolute Gasteiger partial charge is 0.508 e. The second-order valence-corrected chi connectivity index (χ2v) is 6.96. The third-order valence-corrected chi connectivity index (χ3v) is 5.02. The smallest absolute Gasteiger partial charge is 0.117 e. The number of rotatable bonds is 2. The molecule has 122 valence electrons.